The highest BCUT2D eigenvalue weighted by Crippen LogP contribution is 2.23. The standard InChI is InChI=1S/C15H22N2O/c1-11-5-3-6-13(9-11)15(18)17-8-4-7-14(17)10-12(2)16/h3,5-6,9,12,14H,4,7-8,10,16H2,1-2H3. The zero-order chi connectivity index (χ0) is 13.1. The van der Waals surface area contributed by atoms with E-state index in [-0.39, 0.29) is 11.9 Å². The number of aryl methyl sites for hydroxylation is 1. The van der Waals surface area contributed by atoms with Crippen LogP contribution in [0.4, 0.5) is 0 Å². The molecule has 18 heavy (non-hydrogen) atoms. The van der Waals surface area contributed by atoms with E-state index in [9.17, 15) is 4.79 Å². The number of benzene rings is 1. The quantitative estimate of drug-likeness (QED) is 0.889. The normalized spacial score (nSPS) is 21.1. The first-order valence-corrected chi connectivity index (χ1v) is 6.71. The van der Waals surface area contributed by atoms with E-state index in [1.807, 2.05) is 43.0 Å². The van der Waals surface area contributed by atoms with Gasteiger partial charge in [0.25, 0.3) is 5.91 Å². The SMILES string of the molecule is Cc1cccc(C(=O)N2CCCC2CC(C)N)c1. The van der Waals surface area contributed by atoms with Crippen molar-refractivity contribution in [2.45, 2.75) is 45.2 Å². The third-order valence-electron chi connectivity index (χ3n) is 3.55. The van der Waals surface area contributed by atoms with Gasteiger partial charge in [0.05, 0.1) is 0 Å². The van der Waals surface area contributed by atoms with Gasteiger partial charge in [-0.1, -0.05) is 17.7 Å². The van der Waals surface area contributed by atoms with Crippen LogP contribution in [0.5, 0.6) is 0 Å². The number of likely N-dealkylation sites (tertiary alicyclic amines) is 1. The fraction of sp³-hybridized carbons (Fsp3) is 0.533. The average Bonchev–Trinajstić information content (AvgIpc) is 2.75. The number of nitrogens with two attached hydrogens (primary N) is 1. The summed E-state index contributed by atoms with van der Waals surface area (Å²) in [4.78, 5) is 14.5. The highest BCUT2D eigenvalue weighted by Gasteiger charge is 2.29. The van der Waals surface area contributed by atoms with E-state index < -0.39 is 0 Å². The lowest BCUT2D eigenvalue weighted by molar-refractivity contribution is 0.0727. The second kappa shape index (κ2) is 5.53. The van der Waals surface area contributed by atoms with Crippen molar-refractivity contribution in [3.8, 4) is 0 Å². The predicted octanol–water partition coefficient (Wildman–Crippen LogP) is 2.34. The Hall–Kier alpha value is -1.35. The molecule has 1 heterocycles. The Morgan fingerprint density at radius 1 is 1.56 bits per heavy atom. The number of amides is 1. The zero-order valence-corrected chi connectivity index (χ0v) is 11.2. The van der Waals surface area contributed by atoms with Crippen molar-refractivity contribution in [3.05, 3.63) is 35.4 Å². The molecule has 0 saturated carbocycles. The highest BCUT2D eigenvalue weighted by molar-refractivity contribution is 5.94. The van der Waals surface area contributed by atoms with Crippen molar-refractivity contribution in [2.75, 3.05) is 6.54 Å². The summed E-state index contributed by atoms with van der Waals surface area (Å²) in [5.74, 6) is 0.154. The van der Waals surface area contributed by atoms with Crippen LogP contribution in [-0.4, -0.2) is 29.4 Å². The maximum Gasteiger partial charge on any atom is 0.254 e. The van der Waals surface area contributed by atoms with Crippen LogP contribution in [0.3, 0.4) is 0 Å². The molecule has 0 aliphatic carbocycles. The monoisotopic (exact) mass is 246 g/mol. The number of carbonyl (C=O) groups excluding carboxylic acids is 1. The van der Waals surface area contributed by atoms with E-state index in [1.54, 1.807) is 0 Å². The fourth-order valence-corrected chi connectivity index (χ4v) is 2.72. The summed E-state index contributed by atoms with van der Waals surface area (Å²) in [6.07, 6.45) is 3.07. The van der Waals surface area contributed by atoms with Crippen LogP contribution in [0.2, 0.25) is 0 Å². The molecule has 0 spiro atoms. The molecular weight excluding hydrogens is 224 g/mol. The first-order chi connectivity index (χ1) is 8.58. The van der Waals surface area contributed by atoms with Crippen LogP contribution < -0.4 is 5.73 Å². The van der Waals surface area contributed by atoms with Crippen LogP contribution in [0.15, 0.2) is 24.3 Å². The Morgan fingerprint density at radius 2 is 2.33 bits per heavy atom. The van der Waals surface area contributed by atoms with Gasteiger partial charge < -0.3 is 10.6 Å². The minimum absolute atomic E-state index is 0.154. The Labute approximate surface area is 109 Å². The molecule has 1 fully saturated rings. The molecule has 1 aromatic carbocycles. The van der Waals surface area contributed by atoms with Gasteiger partial charge in [-0.3, -0.25) is 4.79 Å². The summed E-state index contributed by atoms with van der Waals surface area (Å²) in [7, 11) is 0. The molecule has 0 bridgehead atoms. The first-order valence-electron chi connectivity index (χ1n) is 6.71. The summed E-state index contributed by atoms with van der Waals surface area (Å²) in [5.41, 5.74) is 7.79. The Bertz CT molecular complexity index is 428. The number of nitrogens with zero attached hydrogens (tertiary/aromatic N) is 1. The first kappa shape index (κ1) is 13.1. The molecule has 2 N–H and O–H groups in total. The topological polar surface area (TPSA) is 46.3 Å². The molecule has 1 aliphatic rings. The van der Waals surface area contributed by atoms with Crippen LogP contribution in [0.25, 0.3) is 0 Å². The number of hydrogen-bond acceptors (Lipinski definition) is 2. The molecule has 2 atom stereocenters. The summed E-state index contributed by atoms with van der Waals surface area (Å²) in [6, 6.07) is 8.29. The zero-order valence-electron chi connectivity index (χ0n) is 11.2. The second-order valence-electron chi connectivity index (χ2n) is 5.38. The molecule has 3 nitrogen and oxygen atoms in total. The third kappa shape index (κ3) is 2.91. The Morgan fingerprint density at radius 3 is 3.00 bits per heavy atom. The maximum absolute atomic E-state index is 12.5. The van der Waals surface area contributed by atoms with Gasteiger partial charge in [-0.25, -0.2) is 0 Å². The van der Waals surface area contributed by atoms with Crippen LogP contribution >= 0.6 is 0 Å². The molecule has 0 aromatic heterocycles. The lowest BCUT2D eigenvalue weighted by Gasteiger charge is -2.26. The largest absolute Gasteiger partial charge is 0.336 e. The van der Waals surface area contributed by atoms with Crippen molar-refractivity contribution in [1.29, 1.82) is 0 Å². The summed E-state index contributed by atoms with van der Waals surface area (Å²) >= 11 is 0. The lowest BCUT2D eigenvalue weighted by atomic mass is 10.1. The Kier molecular flexibility index (Phi) is 4.02. The lowest BCUT2D eigenvalue weighted by Crippen LogP contribution is -2.38. The van der Waals surface area contributed by atoms with E-state index in [0.717, 1.165) is 36.9 Å². The van der Waals surface area contributed by atoms with E-state index in [0.29, 0.717) is 6.04 Å². The summed E-state index contributed by atoms with van der Waals surface area (Å²) in [6.45, 7) is 4.89. The summed E-state index contributed by atoms with van der Waals surface area (Å²) in [5, 5.41) is 0. The molecule has 1 aliphatic heterocycles. The van der Waals surface area contributed by atoms with Crippen molar-refractivity contribution >= 4 is 5.91 Å². The van der Waals surface area contributed by atoms with Gasteiger partial charge in [0.1, 0.15) is 0 Å². The van der Waals surface area contributed by atoms with Gasteiger partial charge in [-0.2, -0.15) is 0 Å². The molecule has 3 heteroatoms. The number of rotatable bonds is 3. The third-order valence-corrected chi connectivity index (χ3v) is 3.55. The molecule has 98 valence electrons. The van der Waals surface area contributed by atoms with E-state index in [1.165, 1.54) is 0 Å². The van der Waals surface area contributed by atoms with Gasteiger partial charge in [0.15, 0.2) is 0 Å². The molecule has 1 amide bonds. The molecule has 0 radical (unpaired) electrons. The van der Waals surface area contributed by atoms with Gasteiger partial charge in [0, 0.05) is 24.2 Å². The van der Waals surface area contributed by atoms with Gasteiger partial charge >= 0.3 is 0 Å². The van der Waals surface area contributed by atoms with E-state index >= 15 is 0 Å². The minimum Gasteiger partial charge on any atom is -0.336 e. The van der Waals surface area contributed by atoms with Gasteiger partial charge in [-0.05, 0) is 45.2 Å². The van der Waals surface area contributed by atoms with Crippen molar-refractivity contribution in [1.82, 2.24) is 4.90 Å². The van der Waals surface area contributed by atoms with Gasteiger partial charge in [-0.15, -0.1) is 0 Å². The van der Waals surface area contributed by atoms with E-state index in [4.69, 9.17) is 5.73 Å². The summed E-state index contributed by atoms with van der Waals surface area (Å²) < 4.78 is 0. The highest BCUT2D eigenvalue weighted by atomic mass is 16.2. The van der Waals surface area contributed by atoms with Crippen LogP contribution in [-0.2, 0) is 0 Å². The van der Waals surface area contributed by atoms with Crippen molar-refractivity contribution in [3.63, 3.8) is 0 Å². The Balaban J connectivity index is 2.12. The van der Waals surface area contributed by atoms with E-state index in [2.05, 4.69) is 0 Å². The number of hydrogen-bond donors (Lipinski definition) is 1. The average molecular weight is 246 g/mol. The molecule has 1 aromatic rings. The van der Waals surface area contributed by atoms with Crippen LogP contribution in [0.1, 0.15) is 42.1 Å². The fourth-order valence-electron chi connectivity index (χ4n) is 2.72. The second-order valence-corrected chi connectivity index (χ2v) is 5.38. The van der Waals surface area contributed by atoms with Crippen LogP contribution in [0, 0.1) is 6.92 Å². The van der Waals surface area contributed by atoms with Gasteiger partial charge in [0.2, 0.25) is 0 Å². The predicted molar refractivity (Wildman–Crippen MR) is 73.5 cm³/mol. The minimum atomic E-state index is 0.154. The molecule has 1 saturated heterocycles. The van der Waals surface area contributed by atoms with Crippen molar-refractivity contribution < 1.29 is 4.79 Å². The molecule has 2 rings (SSSR count). The number of carbonyl (C=O) groups is 1. The molecular formula is C15H22N2O. The van der Waals surface area contributed by atoms with Crippen molar-refractivity contribution in [2.24, 2.45) is 5.73 Å². The smallest absolute Gasteiger partial charge is 0.254 e. The maximum atomic E-state index is 12.5. The molecule has 2 unspecified atom stereocenters.